The number of amidine groups is 2. The molecule has 6 aliphatic rings. The van der Waals surface area contributed by atoms with Gasteiger partial charge in [0.1, 0.15) is 20.8 Å². The van der Waals surface area contributed by atoms with E-state index in [1.807, 2.05) is 36.4 Å². The van der Waals surface area contributed by atoms with Gasteiger partial charge in [-0.25, -0.2) is 0 Å². The molecular formula is C53H44F6N4O4S6. The lowest BCUT2D eigenvalue weighted by atomic mass is 9.68. The van der Waals surface area contributed by atoms with Crippen LogP contribution in [-0.4, -0.2) is 80.7 Å². The summed E-state index contributed by atoms with van der Waals surface area (Å²) in [5.41, 5.74) is -5.20. The summed E-state index contributed by atoms with van der Waals surface area (Å²) in [5, 5.41) is 55.1. The topological polar surface area (TPSA) is 98.4 Å². The molecule has 0 bridgehead atoms. The molecule has 8 nitrogen and oxygen atoms in total. The van der Waals surface area contributed by atoms with E-state index in [9.17, 15) is 20.8 Å². The van der Waals surface area contributed by atoms with Crippen LogP contribution in [0.4, 0.5) is 26.3 Å². The Hall–Kier alpha value is -4.54. The van der Waals surface area contributed by atoms with Crippen molar-refractivity contribution in [3.8, 4) is 40.4 Å². The van der Waals surface area contributed by atoms with Crippen LogP contribution in [0.15, 0.2) is 106 Å². The first-order valence-electron chi connectivity index (χ1n) is 23.2. The van der Waals surface area contributed by atoms with Gasteiger partial charge in [-0.15, -0.1) is 68.9 Å². The molecule has 73 heavy (non-hydrogen) atoms. The largest absolute Gasteiger partial charge is 0.714 e. The van der Waals surface area contributed by atoms with Gasteiger partial charge in [0.05, 0.1) is 9.49 Å². The molecule has 0 amide bonds. The van der Waals surface area contributed by atoms with E-state index in [1.54, 1.807) is 118 Å². The molecule has 2 aliphatic carbocycles. The number of hydroxylamine groups is 6. The molecule has 2 atom stereocenters. The molecule has 1 saturated carbocycles. The van der Waals surface area contributed by atoms with Crippen LogP contribution in [0.3, 0.4) is 0 Å². The normalized spacial score (nSPS) is 26.3. The number of nitrogens with zero attached hydrogens (tertiary/aromatic N) is 4. The van der Waals surface area contributed by atoms with Crippen molar-refractivity contribution >= 4 is 91.7 Å². The maximum atomic E-state index is 16.6. The minimum Gasteiger partial charge on any atom is -0.714 e. The predicted molar refractivity (Wildman–Crippen MR) is 280 cm³/mol. The Kier molecular flexibility index (Phi) is 10.1. The van der Waals surface area contributed by atoms with Gasteiger partial charge in [0.2, 0.25) is 0 Å². The van der Waals surface area contributed by atoms with Crippen molar-refractivity contribution in [1.82, 2.24) is 10.1 Å². The smallest absolute Gasteiger partial charge is 0.380 e. The van der Waals surface area contributed by atoms with Crippen LogP contribution in [0.25, 0.3) is 51.5 Å². The molecule has 8 heterocycles. The maximum absolute atomic E-state index is 16.6. The van der Waals surface area contributed by atoms with Crippen molar-refractivity contribution in [2.75, 3.05) is 0 Å². The van der Waals surface area contributed by atoms with Crippen LogP contribution < -0.4 is 0 Å². The zero-order chi connectivity index (χ0) is 52.5. The number of alkyl halides is 6. The first kappa shape index (κ1) is 49.3. The van der Waals surface area contributed by atoms with Gasteiger partial charge in [-0.05, 0) is 163 Å². The first-order valence-corrected chi connectivity index (χ1v) is 28.1. The number of hydrogen-bond acceptors (Lipinski definition) is 10. The molecule has 4 aromatic heterocycles. The number of benzene rings is 2. The Morgan fingerprint density at radius 2 is 0.726 bits per heavy atom. The SMILES string of the molecule is CC12Sc3cc(-c4ccc(-c5ccc(C6=[N+]([O-])C(C)(C)C(C)(C)N6[O])s5)s4)ccc3C1=C1C(=C3c4ccc(-c5ccc(-c6ccc(C7=[N+]([O-])C(C)(C)C(C)(C)N7[O])s6)s5)cc4SC32C)C(F)(F)C(F)(F)C1(F)F. The third-order valence-electron chi connectivity index (χ3n) is 16.9. The average Bonchev–Trinajstić information content (AvgIpc) is 4.20. The highest BCUT2D eigenvalue weighted by Crippen LogP contribution is 2.78. The van der Waals surface area contributed by atoms with Gasteiger partial charge < -0.3 is 10.4 Å². The van der Waals surface area contributed by atoms with Gasteiger partial charge in [-0.2, -0.15) is 26.3 Å². The summed E-state index contributed by atoms with van der Waals surface area (Å²) in [6, 6.07) is 25.0. The second-order valence-electron chi connectivity index (χ2n) is 21.6. The standard InChI is InChI=1S/C53H44F6N4O4S6/c1-45(2)46(3,4)61(65)43(60(45)64)35-21-19-33(70-35)31-17-15-29(68-31)25-11-13-27-37(23-25)72-49(9)39(27)41-42(52(56,57)53(58,59)51(41,54)55)40-28-14-12-26(24-38(28)73-50(40,49)10)30-16-18-32(69-30)34-20-22-36(71-34)44-62(66)47(5,6)48(7,8)63(44)67/h11-24H,1-10H3. The third kappa shape index (κ3) is 5.95. The Morgan fingerprint density at radius 1 is 0.425 bits per heavy atom. The van der Waals surface area contributed by atoms with Crippen LogP contribution in [0.2, 0.25) is 0 Å². The number of thioether (sulfide) groups is 2. The Balaban J connectivity index is 0.895. The van der Waals surface area contributed by atoms with Crippen LogP contribution in [0.1, 0.15) is 90.1 Å². The molecule has 0 saturated heterocycles. The van der Waals surface area contributed by atoms with E-state index in [2.05, 4.69) is 0 Å². The average molecular weight is 1110 g/mol. The lowest BCUT2D eigenvalue weighted by Crippen LogP contribution is -2.53. The highest BCUT2D eigenvalue weighted by molar-refractivity contribution is 8.06. The first-order chi connectivity index (χ1) is 33.9. The fourth-order valence-corrected chi connectivity index (χ4v) is 18.3. The molecule has 20 heteroatoms. The lowest BCUT2D eigenvalue weighted by molar-refractivity contribution is -0.539. The minimum atomic E-state index is -5.72. The quantitative estimate of drug-likeness (QED) is 0.0936. The van der Waals surface area contributed by atoms with Crippen LogP contribution in [0, 0.1) is 10.4 Å². The van der Waals surface area contributed by atoms with Crippen molar-refractivity contribution in [2.45, 2.75) is 128 Å². The summed E-state index contributed by atoms with van der Waals surface area (Å²) in [5.74, 6) is -16.1. The zero-order valence-corrected chi connectivity index (χ0v) is 45.6. The number of allylic oxidation sites excluding steroid dienone is 2. The minimum absolute atomic E-state index is 0.0404. The van der Waals surface area contributed by atoms with Gasteiger partial charge in [0.25, 0.3) is 0 Å². The van der Waals surface area contributed by atoms with Crippen LogP contribution >= 0.6 is 68.9 Å². The summed E-state index contributed by atoms with van der Waals surface area (Å²) >= 11 is 7.92. The molecular weight excluding hydrogens is 1060 g/mol. The molecule has 6 aromatic rings. The van der Waals surface area contributed by atoms with Gasteiger partial charge >= 0.3 is 29.4 Å². The number of fused-ring (bicyclic) bond motifs is 8. The van der Waals surface area contributed by atoms with E-state index in [1.165, 1.54) is 68.9 Å². The highest BCUT2D eigenvalue weighted by atomic mass is 32.2. The summed E-state index contributed by atoms with van der Waals surface area (Å²) in [6.07, 6.45) is 0. The maximum Gasteiger partial charge on any atom is 0.380 e. The molecule has 12 rings (SSSR count). The van der Waals surface area contributed by atoms with Crippen LogP contribution in [-0.2, 0) is 10.4 Å². The molecule has 2 aromatic carbocycles. The summed E-state index contributed by atoms with van der Waals surface area (Å²) in [4.78, 5) is 6.93. The molecule has 0 spiro atoms. The summed E-state index contributed by atoms with van der Waals surface area (Å²) in [7, 11) is 0. The van der Waals surface area contributed by atoms with E-state index in [-0.39, 0.29) is 33.9 Å². The predicted octanol–water partition coefficient (Wildman–Crippen LogP) is 15.4. The molecule has 1 fully saturated rings. The van der Waals surface area contributed by atoms with Crippen molar-refractivity contribution in [1.29, 1.82) is 0 Å². The van der Waals surface area contributed by atoms with E-state index < -0.39 is 60.6 Å². The Bertz CT molecular complexity index is 3370. The number of rotatable bonds is 6. The second kappa shape index (κ2) is 14.9. The Morgan fingerprint density at radius 3 is 1.04 bits per heavy atom. The number of hydrogen-bond donors (Lipinski definition) is 0. The van der Waals surface area contributed by atoms with Crippen molar-refractivity contribution in [3.05, 3.63) is 127 Å². The zero-order valence-electron chi connectivity index (χ0n) is 40.7. The second-order valence-corrected chi connectivity index (χ2v) is 28.9. The van der Waals surface area contributed by atoms with E-state index in [4.69, 9.17) is 0 Å². The van der Waals surface area contributed by atoms with Crippen LogP contribution in [0.5, 0.6) is 0 Å². The third-order valence-corrected chi connectivity index (χ3v) is 25.0. The van der Waals surface area contributed by atoms with Gasteiger partial charge in [0, 0.05) is 60.6 Å². The fraction of sp³-hybridized carbons (Fsp3) is 0.358. The van der Waals surface area contributed by atoms with Gasteiger partial charge in [-0.1, -0.05) is 34.4 Å². The van der Waals surface area contributed by atoms with Crippen molar-refractivity contribution in [3.63, 3.8) is 0 Å². The molecule has 4 aliphatic heterocycles. The number of halogens is 6. The highest BCUT2D eigenvalue weighted by Gasteiger charge is 2.85. The van der Waals surface area contributed by atoms with Crippen molar-refractivity contribution < 1.29 is 46.2 Å². The van der Waals surface area contributed by atoms with E-state index in [0.29, 0.717) is 30.7 Å². The molecule has 2 radical (unpaired) electrons. The summed E-state index contributed by atoms with van der Waals surface area (Å²) in [6.45, 7) is 17.3. The molecule has 378 valence electrons. The van der Waals surface area contributed by atoms with E-state index >= 15 is 26.3 Å². The molecule has 0 N–H and O–H groups in total. The molecule has 2 unspecified atom stereocenters. The van der Waals surface area contributed by atoms with Gasteiger partial charge in [-0.3, -0.25) is 9.48 Å². The fourth-order valence-electron chi connectivity index (χ4n) is 10.8. The van der Waals surface area contributed by atoms with Crippen molar-refractivity contribution in [2.24, 2.45) is 0 Å². The van der Waals surface area contributed by atoms with E-state index in [0.717, 1.165) is 48.9 Å². The summed E-state index contributed by atoms with van der Waals surface area (Å²) < 4.78 is 96.7. The monoisotopic (exact) mass is 1110 g/mol. The Labute approximate surface area is 441 Å². The number of thiophene rings is 4. The van der Waals surface area contributed by atoms with Gasteiger partial charge in [0.15, 0.2) is 11.1 Å². The lowest BCUT2D eigenvalue weighted by Gasteiger charge is -2.47.